The standard InChI is InChI=1S/C8H19O2PS4/c1-3-5-7-14-11(9,10)15(12,13)8-6-4-2/h3-8H2,1-2H3,(H,9,10). The van der Waals surface area contributed by atoms with Crippen molar-refractivity contribution in [3.63, 3.8) is 0 Å². The highest BCUT2D eigenvalue weighted by Crippen LogP contribution is 2.61. The van der Waals surface area contributed by atoms with Gasteiger partial charge in [-0.2, -0.15) is 0 Å². The van der Waals surface area contributed by atoms with E-state index in [9.17, 15) is 9.46 Å². The van der Waals surface area contributed by atoms with E-state index in [0.29, 0.717) is 11.5 Å². The molecule has 0 fully saturated rings. The molecule has 0 aliphatic heterocycles. The Kier molecular flexibility index (Phi) is 8.29. The zero-order valence-electron chi connectivity index (χ0n) is 9.18. The van der Waals surface area contributed by atoms with Gasteiger partial charge in [-0.15, -0.1) is 0 Å². The second-order valence-corrected chi connectivity index (χ2v) is 18.3. The van der Waals surface area contributed by atoms with Crippen LogP contribution in [-0.4, -0.2) is 16.4 Å². The van der Waals surface area contributed by atoms with E-state index in [4.69, 9.17) is 22.4 Å². The van der Waals surface area contributed by atoms with Gasteiger partial charge in [-0.1, -0.05) is 38.1 Å². The molecule has 0 aliphatic carbocycles. The lowest BCUT2D eigenvalue weighted by Gasteiger charge is -2.16. The lowest BCUT2D eigenvalue weighted by Crippen LogP contribution is -2.02. The average molecular weight is 306 g/mol. The number of hydrogen-bond donors (Lipinski definition) is 1. The number of hydrogen-bond acceptors (Lipinski definition) is 4. The molecular weight excluding hydrogens is 287 g/mol. The van der Waals surface area contributed by atoms with Crippen LogP contribution in [0.5, 0.6) is 0 Å². The molecule has 0 aromatic carbocycles. The molecule has 1 N–H and O–H groups in total. The van der Waals surface area contributed by atoms with Crippen LogP contribution in [-0.2, 0) is 33.7 Å². The van der Waals surface area contributed by atoms with E-state index in [1.54, 1.807) is 0 Å². The maximum Gasteiger partial charge on any atom is 0.318 e. The lowest BCUT2D eigenvalue weighted by molar-refractivity contribution is 0.514. The molecule has 7 heteroatoms. The largest absolute Gasteiger partial charge is 0.329 e. The molecule has 92 valence electrons. The fourth-order valence-corrected chi connectivity index (χ4v) is 11.0. The van der Waals surface area contributed by atoms with E-state index in [1.165, 1.54) is 0 Å². The van der Waals surface area contributed by atoms with Crippen LogP contribution in [0.1, 0.15) is 39.5 Å². The maximum absolute atomic E-state index is 12.0. The highest BCUT2D eigenvalue weighted by Gasteiger charge is 2.28. The van der Waals surface area contributed by atoms with Crippen LogP contribution in [0, 0.1) is 0 Å². The van der Waals surface area contributed by atoms with Gasteiger partial charge in [0.25, 0.3) is 0 Å². The van der Waals surface area contributed by atoms with Crippen molar-refractivity contribution in [3.05, 3.63) is 0 Å². The van der Waals surface area contributed by atoms with E-state index < -0.39 is 12.5 Å². The van der Waals surface area contributed by atoms with Crippen LogP contribution in [0.4, 0.5) is 0 Å². The Balaban J connectivity index is 4.36. The van der Waals surface area contributed by atoms with Gasteiger partial charge in [0, 0.05) is 11.5 Å². The Labute approximate surface area is 106 Å². The highest BCUT2D eigenvalue weighted by atomic mass is 33.5. The predicted octanol–water partition coefficient (Wildman–Crippen LogP) is 3.50. The summed E-state index contributed by atoms with van der Waals surface area (Å²) in [6, 6.07) is 0. The SMILES string of the molecule is CCCCSP(=O)(O)S(=S)(=S)CCCC. The van der Waals surface area contributed by atoms with Gasteiger partial charge in [-0.3, -0.25) is 4.57 Å². The van der Waals surface area contributed by atoms with Crippen LogP contribution < -0.4 is 0 Å². The second kappa shape index (κ2) is 7.62. The first-order chi connectivity index (χ1) is 6.87. The third-order valence-corrected chi connectivity index (χ3v) is 17.9. The van der Waals surface area contributed by atoms with Gasteiger partial charge in [-0.05, 0) is 42.0 Å². The Morgan fingerprint density at radius 3 is 2.27 bits per heavy atom. The molecule has 0 radical (unpaired) electrons. The molecule has 0 aromatic rings. The van der Waals surface area contributed by atoms with Crippen LogP contribution >= 0.6 is 17.2 Å². The maximum atomic E-state index is 12.0. The third-order valence-electron chi connectivity index (χ3n) is 1.86. The zero-order valence-corrected chi connectivity index (χ0v) is 13.3. The zero-order chi connectivity index (χ0) is 11.9. The normalized spacial score (nSPS) is 16.2. The van der Waals surface area contributed by atoms with Crippen LogP contribution in [0.25, 0.3) is 0 Å². The minimum Gasteiger partial charge on any atom is -0.329 e. The molecule has 0 amide bonds. The Morgan fingerprint density at radius 2 is 1.80 bits per heavy atom. The number of rotatable bonds is 8. The van der Waals surface area contributed by atoms with Crippen molar-refractivity contribution < 1.29 is 9.46 Å². The molecule has 0 spiro atoms. The number of unbranched alkanes of at least 4 members (excludes halogenated alkanes) is 2. The average Bonchev–Trinajstić information content (AvgIpc) is 2.15. The fraction of sp³-hybridized carbons (Fsp3) is 1.00. The summed E-state index contributed by atoms with van der Waals surface area (Å²) in [6.45, 7) is 1.93. The Bertz CT molecular complexity index is 313. The molecule has 0 saturated heterocycles. The van der Waals surface area contributed by atoms with Crippen LogP contribution in [0.3, 0.4) is 0 Å². The van der Waals surface area contributed by atoms with Crippen molar-refractivity contribution in [1.82, 2.24) is 0 Å². The van der Waals surface area contributed by atoms with Gasteiger partial charge < -0.3 is 4.89 Å². The third kappa shape index (κ3) is 5.99. The Morgan fingerprint density at radius 1 is 1.27 bits per heavy atom. The molecule has 0 saturated carbocycles. The molecule has 1 unspecified atom stereocenters. The predicted molar refractivity (Wildman–Crippen MR) is 79.1 cm³/mol. The molecular formula is C8H19O2PS4. The van der Waals surface area contributed by atoms with E-state index in [0.717, 1.165) is 37.1 Å². The van der Waals surface area contributed by atoms with Crippen molar-refractivity contribution in [3.8, 4) is 0 Å². The summed E-state index contributed by atoms with van der Waals surface area (Å²) in [7, 11) is 0. The van der Waals surface area contributed by atoms with Crippen molar-refractivity contribution in [2.45, 2.75) is 39.5 Å². The van der Waals surface area contributed by atoms with Gasteiger partial charge in [0.05, 0.1) is 0 Å². The molecule has 0 heterocycles. The van der Waals surface area contributed by atoms with Crippen molar-refractivity contribution in [2.24, 2.45) is 0 Å². The molecule has 0 rings (SSSR count). The summed E-state index contributed by atoms with van der Waals surface area (Å²) in [5.74, 6) is -2.08. The summed E-state index contributed by atoms with van der Waals surface area (Å²) >= 11 is 11.4. The minimum atomic E-state index is -3.33. The molecule has 15 heavy (non-hydrogen) atoms. The lowest BCUT2D eigenvalue weighted by atomic mass is 10.4. The monoisotopic (exact) mass is 306 g/mol. The summed E-state index contributed by atoms with van der Waals surface area (Å²) in [4.78, 5) is 9.84. The minimum absolute atomic E-state index is 0.557. The van der Waals surface area contributed by atoms with Gasteiger partial charge in [0.15, 0.2) is 0 Å². The van der Waals surface area contributed by atoms with E-state index >= 15 is 0 Å². The van der Waals surface area contributed by atoms with E-state index in [1.807, 2.05) is 6.92 Å². The van der Waals surface area contributed by atoms with Gasteiger partial charge in [-0.25, -0.2) is 0 Å². The molecule has 0 aliphatic rings. The fourth-order valence-electron chi connectivity index (χ4n) is 0.847. The quantitative estimate of drug-likeness (QED) is 0.549. The van der Waals surface area contributed by atoms with Crippen molar-refractivity contribution in [1.29, 1.82) is 0 Å². The second-order valence-electron chi connectivity index (χ2n) is 3.29. The van der Waals surface area contributed by atoms with E-state index in [-0.39, 0.29) is 0 Å². The first kappa shape index (κ1) is 16.3. The summed E-state index contributed by atoms with van der Waals surface area (Å²) < 4.78 is 12.0. The van der Waals surface area contributed by atoms with E-state index in [2.05, 4.69) is 6.92 Å². The van der Waals surface area contributed by atoms with Gasteiger partial charge in [0.1, 0.15) is 0 Å². The first-order valence-corrected chi connectivity index (χ1v) is 12.6. The molecule has 0 bridgehead atoms. The highest BCUT2D eigenvalue weighted by molar-refractivity contribution is 9.02. The molecule has 2 nitrogen and oxygen atoms in total. The van der Waals surface area contributed by atoms with Crippen molar-refractivity contribution >= 4 is 46.3 Å². The van der Waals surface area contributed by atoms with Gasteiger partial charge in [0.2, 0.25) is 0 Å². The summed E-state index contributed by atoms with van der Waals surface area (Å²) in [5.41, 5.74) is 0. The topological polar surface area (TPSA) is 37.3 Å². The Hall–Kier alpha value is 1.33. The summed E-state index contributed by atoms with van der Waals surface area (Å²) in [5, 5.41) is 0. The smallest absolute Gasteiger partial charge is 0.318 e. The molecule has 0 aromatic heterocycles. The summed E-state index contributed by atoms with van der Waals surface area (Å²) in [6.07, 6.45) is 3.81. The van der Waals surface area contributed by atoms with Crippen LogP contribution in [0.15, 0.2) is 0 Å². The van der Waals surface area contributed by atoms with Crippen LogP contribution in [0.2, 0.25) is 0 Å². The first-order valence-electron chi connectivity index (χ1n) is 5.07. The molecule has 1 atom stereocenters. The van der Waals surface area contributed by atoms with Crippen molar-refractivity contribution in [2.75, 3.05) is 11.5 Å². The van der Waals surface area contributed by atoms with Gasteiger partial charge >= 0.3 is 5.77 Å².